The number of rotatable bonds is 4. The molecule has 90 valence electrons. The lowest BCUT2D eigenvalue weighted by Crippen LogP contribution is -2.37. The topological polar surface area (TPSA) is 49.5 Å². The molecule has 1 atom stereocenters. The Balaban J connectivity index is 2.70. The molecule has 3 nitrogen and oxygen atoms in total. The van der Waals surface area contributed by atoms with Gasteiger partial charge in [0.1, 0.15) is 0 Å². The van der Waals surface area contributed by atoms with Crippen LogP contribution in [0.4, 0.5) is 5.69 Å². The molecule has 3 N–H and O–H groups in total. The van der Waals surface area contributed by atoms with Crippen LogP contribution in [0.2, 0.25) is 0 Å². The average Bonchev–Trinajstić information content (AvgIpc) is 2.15. The summed E-state index contributed by atoms with van der Waals surface area (Å²) in [7, 11) is 2.01. The lowest BCUT2D eigenvalue weighted by molar-refractivity contribution is 0.0334. The molecule has 0 aliphatic rings. The third-order valence-electron chi connectivity index (χ3n) is 2.72. The van der Waals surface area contributed by atoms with Crippen molar-refractivity contribution in [3.05, 3.63) is 29.8 Å². The molecular weight excluding hydrogens is 200 g/mol. The molecule has 0 aromatic heterocycles. The Morgan fingerprint density at radius 2 is 1.81 bits per heavy atom. The molecule has 1 aromatic rings. The number of anilines is 1. The van der Waals surface area contributed by atoms with E-state index in [1.54, 1.807) is 0 Å². The van der Waals surface area contributed by atoms with Gasteiger partial charge in [-0.15, -0.1) is 0 Å². The number of nitrogens with zero attached hydrogens (tertiary/aromatic N) is 1. The maximum absolute atomic E-state index is 9.77. The van der Waals surface area contributed by atoms with Gasteiger partial charge in [0, 0.05) is 18.3 Å². The van der Waals surface area contributed by atoms with Gasteiger partial charge in [-0.25, -0.2) is 0 Å². The van der Waals surface area contributed by atoms with Gasteiger partial charge in [-0.3, -0.25) is 4.90 Å². The summed E-state index contributed by atoms with van der Waals surface area (Å²) in [6.07, 6.45) is 0. The van der Waals surface area contributed by atoms with Crippen molar-refractivity contribution in [3.63, 3.8) is 0 Å². The Kier molecular flexibility index (Phi) is 3.94. The molecular formula is C13H22N2O. The average molecular weight is 222 g/mol. The lowest BCUT2D eigenvalue weighted by Gasteiger charge is -2.30. The largest absolute Gasteiger partial charge is 0.399 e. The van der Waals surface area contributed by atoms with Crippen LogP contribution in [0.1, 0.15) is 32.4 Å². The lowest BCUT2D eigenvalue weighted by atomic mass is 10.0. The number of hydrogen-bond acceptors (Lipinski definition) is 3. The fourth-order valence-electron chi connectivity index (χ4n) is 1.78. The van der Waals surface area contributed by atoms with Crippen molar-refractivity contribution in [2.24, 2.45) is 0 Å². The predicted molar refractivity (Wildman–Crippen MR) is 68.2 cm³/mol. The highest BCUT2D eigenvalue weighted by Crippen LogP contribution is 2.21. The monoisotopic (exact) mass is 222 g/mol. The fourth-order valence-corrected chi connectivity index (χ4v) is 1.78. The van der Waals surface area contributed by atoms with E-state index in [1.807, 2.05) is 45.2 Å². The fraction of sp³-hybridized carbons (Fsp3) is 0.538. The van der Waals surface area contributed by atoms with Crippen molar-refractivity contribution in [2.75, 3.05) is 19.3 Å². The van der Waals surface area contributed by atoms with Crippen molar-refractivity contribution in [1.29, 1.82) is 0 Å². The first-order valence-corrected chi connectivity index (χ1v) is 5.57. The van der Waals surface area contributed by atoms with Crippen LogP contribution in [0.3, 0.4) is 0 Å². The molecule has 0 fully saturated rings. The zero-order valence-corrected chi connectivity index (χ0v) is 10.6. The molecule has 16 heavy (non-hydrogen) atoms. The van der Waals surface area contributed by atoms with Gasteiger partial charge in [-0.1, -0.05) is 12.1 Å². The molecule has 0 spiro atoms. The number of aliphatic hydroxyl groups is 1. The molecule has 0 saturated carbocycles. The number of benzene rings is 1. The normalized spacial score (nSPS) is 14.1. The summed E-state index contributed by atoms with van der Waals surface area (Å²) in [4.78, 5) is 2.13. The van der Waals surface area contributed by atoms with Crippen LogP contribution >= 0.6 is 0 Å². The standard InChI is InChI=1S/C13H22N2O/c1-10(15(4)9-13(2,3)16)11-5-7-12(14)8-6-11/h5-8,10,16H,9,14H2,1-4H3. The van der Waals surface area contributed by atoms with Gasteiger partial charge in [-0.05, 0) is 45.5 Å². The smallest absolute Gasteiger partial charge is 0.0718 e. The Labute approximate surface area is 97.9 Å². The molecule has 0 amide bonds. The van der Waals surface area contributed by atoms with E-state index in [1.165, 1.54) is 5.56 Å². The Morgan fingerprint density at radius 3 is 2.25 bits per heavy atom. The van der Waals surface area contributed by atoms with Crippen LogP contribution in [0.5, 0.6) is 0 Å². The van der Waals surface area contributed by atoms with Crippen LogP contribution in [0.15, 0.2) is 24.3 Å². The first kappa shape index (κ1) is 13.0. The zero-order chi connectivity index (χ0) is 12.3. The van der Waals surface area contributed by atoms with E-state index in [9.17, 15) is 5.11 Å². The highest BCUT2D eigenvalue weighted by molar-refractivity contribution is 5.40. The molecule has 1 rings (SSSR count). The maximum atomic E-state index is 9.77. The maximum Gasteiger partial charge on any atom is 0.0718 e. The quantitative estimate of drug-likeness (QED) is 0.766. The summed E-state index contributed by atoms with van der Waals surface area (Å²) in [6.45, 7) is 6.40. The second-order valence-electron chi connectivity index (χ2n) is 5.07. The summed E-state index contributed by atoms with van der Waals surface area (Å²) in [5.41, 5.74) is 6.97. The molecule has 1 aromatic carbocycles. The van der Waals surface area contributed by atoms with Gasteiger partial charge in [0.15, 0.2) is 0 Å². The second-order valence-corrected chi connectivity index (χ2v) is 5.07. The van der Waals surface area contributed by atoms with Gasteiger partial charge >= 0.3 is 0 Å². The molecule has 0 bridgehead atoms. The molecule has 0 radical (unpaired) electrons. The van der Waals surface area contributed by atoms with Crippen molar-refractivity contribution in [1.82, 2.24) is 4.90 Å². The van der Waals surface area contributed by atoms with Crippen molar-refractivity contribution >= 4 is 5.69 Å². The highest BCUT2D eigenvalue weighted by atomic mass is 16.3. The van der Waals surface area contributed by atoms with Crippen molar-refractivity contribution in [3.8, 4) is 0 Å². The third kappa shape index (κ3) is 3.83. The Morgan fingerprint density at radius 1 is 1.31 bits per heavy atom. The molecule has 3 heteroatoms. The van der Waals surface area contributed by atoms with E-state index in [4.69, 9.17) is 5.73 Å². The molecule has 0 aliphatic heterocycles. The van der Waals surface area contributed by atoms with E-state index in [-0.39, 0.29) is 6.04 Å². The van der Waals surface area contributed by atoms with Crippen molar-refractivity contribution < 1.29 is 5.11 Å². The SMILES string of the molecule is CC(c1ccc(N)cc1)N(C)CC(C)(C)O. The molecule has 1 unspecified atom stereocenters. The minimum atomic E-state index is -0.670. The van der Waals surface area contributed by atoms with Crippen LogP contribution in [0, 0.1) is 0 Å². The second kappa shape index (κ2) is 4.85. The first-order chi connectivity index (χ1) is 7.29. The molecule has 0 saturated heterocycles. The number of likely N-dealkylation sites (N-methyl/N-ethyl adjacent to an activating group) is 1. The van der Waals surface area contributed by atoms with Gasteiger partial charge in [0.25, 0.3) is 0 Å². The first-order valence-electron chi connectivity index (χ1n) is 5.57. The van der Waals surface area contributed by atoms with Crippen LogP contribution < -0.4 is 5.73 Å². The number of hydrogen-bond donors (Lipinski definition) is 2. The minimum Gasteiger partial charge on any atom is -0.399 e. The highest BCUT2D eigenvalue weighted by Gasteiger charge is 2.19. The van der Waals surface area contributed by atoms with Gasteiger partial charge in [-0.2, -0.15) is 0 Å². The van der Waals surface area contributed by atoms with Crippen LogP contribution in [-0.2, 0) is 0 Å². The number of nitrogen functional groups attached to an aromatic ring is 1. The van der Waals surface area contributed by atoms with Crippen LogP contribution in [-0.4, -0.2) is 29.2 Å². The zero-order valence-electron chi connectivity index (χ0n) is 10.6. The van der Waals surface area contributed by atoms with E-state index in [0.29, 0.717) is 6.54 Å². The Hall–Kier alpha value is -1.06. The van der Waals surface area contributed by atoms with E-state index in [2.05, 4.69) is 11.8 Å². The summed E-state index contributed by atoms with van der Waals surface area (Å²) in [5.74, 6) is 0. The van der Waals surface area contributed by atoms with Crippen LogP contribution in [0.25, 0.3) is 0 Å². The summed E-state index contributed by atoms with van der Waals surface area (Å²) in [6, 6.07) is 8.14. The molecule has 0 heterocycles. The van der Waals surface area contributed by atoms with Gasteiger partial charge in [0.2, 0.25) is 0 Å². The molecule has 0 aliphatic carbocycles. The predicted octanol–water partition coefficient (Wildman–Crippen LogP) is 2.03. The van der Waals surface area contributed by atoms with Gasteiger partial charge < -0.3 is 10.8 Å². The van der Waals surface area contributed by atoms with Gasteiger partial charge in [0.05, 0.1) is 5.60 Å². The summed E-state index contributed by atoms with van der Waals surface area (Å²) < 4.78 is 0. The Bertz CT molecular complexity index is 327. The van der Waals surface area contributed by atoms with Crippen molar-refractivity contribution in [2.45, 2.75) is 32.4 Å². The van der Waals surface area contributed by atoms with E-state index >= 15 is 0 Å². The third-order valence-corrected chi connectivity index (χ3v) is 2.72. The summed E-state index contributed by atoms with van der Waals surface area (Å²) >= 11 is 0. The summed E-state index contributed by atoms with van der Waals surface area (Å²) in [5, 5.41) is 9.77. The van der Waals surface area contributed by atoms with E-state index < -0.39 is 5.60 Å². The van der Waals surface area contributed by atoms with E-state index in [0.717, 1.165) is 5.69 Å². The minimum absolute atomic E-state index is 0.270. The number of nitrogens with two attached hydrogens (primary N) is 1.